The van der Waals surface area contributed by atoms with Gasteiger partial charge in [-0.2, -0.15) is 0 Å². The molecule has 0 saturated carbocycles. The molecule has 0 unspecified atom stereocenters. The number of rotatable bonds is 6. The maximum Gasteiger partial charge on any atom is 0.211 e. The number of aryl methyl sites for hydroxylation is 2. The molecule has 2 aromatic rings. The Morgan fingerprint density at radius 1 is 0.762 bits per heavy atom. The van der Waals surface area contributed by atoms with E-state index < -0.39 is 0 Å². The Labute approximate surface area is 125 Å². The molecule has 2 heterocycles. The van der Waals surface area contributed by atoms with Crippen LogP contribution in [0.4, 0.5) is 0 Å². The Kier molecular flexibility index (Phi) is 4.18. The van der Waals surface area contributed by atoms with Gasteiger partial charge in [0.2, 0.25) is 11.5 Å². The van der Waals surface area contributed by atoms with E-state index in [4.69, 9.17) is 13.9 Å². The van der Waals surface area contributed by atoms with Gasteiger partial charge in [0.15, 0.2) is 23.0 Å². The van der Waals surface area contributed by atoms with Gasteiger partial charge in [-0.25, -0.2) is 0 Å². The monoisotopic (exact) mass is 286 g/mol. The number of ether oxygens (including phenoxy) is 2. The summed E-state index contributed by atoms with van der Waals surface area (Å²) < 4.78 is 18.1. The molecule has 0 radical (unpaired) electrons. The fourth-order valence-corrected chi connectivity index (χ4v) is 2.54. The Morgan fingerprint density at radius 2 is 1.24 bits per heavy atom. The molecule has 0 spiro atoms. The average molecular weight is 286 g/mol. The van der Waals surface area contributed by atoms with Crippen LogP contribution >= 0.6 is 0 Å². The van der Waals surface area contributed by atoms with E-state index in [1.54, 1.807) is 0 Å². The van der Waals surface area contributed by atoms with Crippen molar-refractivity contribution < 1.29 is 13.9 Å². The van der Waals surface area contributed by atoms with Gasteiger partial charge in [0.05, 0.1) is 0 Å². The van der Waals surface area contributed by atoms with Gasteiger partial charge < -0.3 is 13.9 Å². The van der Waals surface area contributed by atoms with Gasteiger partial charge in [0, 0.05) is 12.8 Å². The summed E-state index contributed by atoms with van der Waals surface area (Å²) in [5.41, 5.74) is 0. The van der Waals surface area contributed by atoms with Crippen molar-refractivity contribution in [2.24, 2.45) is 0 Å². The normalized spacial score (nSPS) is 12.3. The van der Waals surface area contributed by atoms with Crippen LogP contribution in [0.15, 0.2) is 28.7 Å². The number of benzene rings is 1. The fraction of sp³-hybridized carbons (Fsp3) is 0.444. The van der Waals surface area contributed by atoms with E-state index in [9.17, 15) is 0 Å². The van der Waals surface area contributed by atoms with Crippen molar-refractivity contribution in [1.29, 1.82) is 0 Å². The Balaban J connectivity index is 1.94. The van der Waals surface area contributed by atoms with Crippen molar-refractivity contribution in [2.45, 2.75) is 52.4 Å². The number of unbranched alkanes of at least 4 members (excludes halogenated alkanes) is 2. The molecule has 21 heavy (non-hydrogen) atoms. The number of para-hydroxylation sites is 2. The highest BCUT2D eigenvalue weighted by atomic mass is 16.6. The lowest BCUT2D eigenvalue weighted by Gasteiger charge is -2.18. The Bertz CT molecular complexity index is 561. The van der Waals surface area contributed by atoms with E-state index >= 15 is 0 Å². The largest absolute Gasteiger partial charge is 0.458 e. The quantitative estimate of drug-likeness (QED) is 0.568. The van der Waals surface area contributed by atoms with Crippen LogP contribution < -0.4 is 9.47 Å². The van der Waals surface area contributed by atoms with E-state index in [0.717, 1.165) is 73.0 Å². The molecule has 1 aliphatic rings. The second-order valence-corrected chi connectivity index (χ2v) is 5.46. The second-order valence-electron chi connectivity index (χ2n) is 5.46. The number of fused-ring (bicyclic) bond motifs is 2. The first kappa shape index (κ1) is 14.1. The van der Waals surface area contributed by atoms with E-state index in [1.165, 1.54) is 0 Å². The van der Waals surface area contributed by atoms with Gasteiger partial charge >= 0.3 is 0 Å². The minimum absolute atomic E-state index is 0.769. The number of hydrogen-bond acceptors (Lipinski definition) is 3. The Hall–Kier alpha value is -1.90. The van der Waals surface area contributed by atoms with Gasteiger partial charge in [-0.05, 0) is 25.0 Å². The molecule has 1 aliphatic heterocycles. The maximum absolute atomic E-state index is 6.05. The van der Waals surface area contributed by atoms with Gasteiger partial charge in [-0.3, -0.25) is 0 Å². The smallest absolute Gasteiger partial charge is 0.211 e. The SMILES string of the molecule is CCCCc1oc(CCCC)c2c1Oc1ccccc1O2. The molecule has 112 valence electrons. The summed E-state index contributed by atoms with van der Waals surface area (Å²) in [7, 11) is 0. The first-order valence-corrected chi connectivity index (χ1v) is 7.92. The minimum Gasteiger partial charge on any atom is -0.458 e. The zero-order valence-corrected chi connectivity index (χ0v) is 12.8. The lowest BCUT2D eigenvalue weighted by molar-refractivity contribution is 0.357. The molecule has 0 saturated heterocycles. The van der Waals surface area contributed by atoms with Crippen molar-refractivity contribution in [3.8, 4) is 23.0 Å². The first-order valence-electron chi connectivity index (χ1n) is 7.92. The van der Waals surface area contributed by atoms with Crippen molar-refractivity contribution in [2.75, 3.05) is 0 Å². The molecule has 0 N–H and O–H groups in total. The molecule has 0 bridgehead atoms. The van der Waals surface area contributed by atoms with Gasteiger partial charge in [0.1, 0.15) is 0 Å². The van der Waals surface area contributed by atoms with Crippen LogP contribution in [0.5, 0.6) is 23.0 Å². The predicted molar refractivity (Wildman–Crippen MR) is 82.5 cm³/mol. The summed E-state index contributed by atoms with van der Waals surface area (Å²) in [6.45, 7) is 4.36. The van der Waals surface area contributed by atoms with Crippen molar-refractivity contribution in [1.82, 2.24) is 0 Å². The van der Waals surface area contributed by atoms with Crippen molar-refractivity contribution in [3.05, 3.63) is 35.8 Å². The molecule has 1 aromatic carbocycles. The summed E-state index contributed by atoms with van der Waals surface area (Å²) in [5, 5.41) is 0. The molecular formula is C18H22O3. The molecule has 0 amide bonds. The minimum atomic E-state index is 0.769. The molecule has 3 rings (SSSR count). The predicted octanol–water partition coefficient (Wildman–Crippen LogP) is 5.86. The summed E-state index contributed by atoms with van der Waals surface area (Å²) in [6, 6.07) is 7.77. The molecule has 3 nitrogen and oxygen atoms in total. The van der Waals surface area contributed by atoms with Crippen LogP contribution in [0.1, 0.15) is 51.1 Å². The van der Waals surface area contributed by atoms with Crippen LogP contribution in [-0.2, 0) is 12.8 Å². The molecule has 0 fully saturated rings. The lowest BCUT2D eigenvalue weighted by Crippen LogP contribution is -1.99. The van der Waals surface area contributed by atoms with Crippen molar-refractivity contribution >= 4 is 0 Å². The van der Waals surface area contributed by atoms with Crippen LogP contribution in [0.2, 0.25) is 0 Å². The van der Waals surface area contributed by atoms with Gasteiger partial charge in [0.25, 0.3) is 0 Å². The standard InChI is InChI=1S/C18H22O3/c1-3-5-9-15-17-18(16(19-15)10-6-4-2)21-14-12-8-7-11-13(14)20-17/h7-8,11-12H,3-6,9-10H2,1-2H3. The maximum atomic E-state index is 6.05. The first-order chi connectivity index (χ1) is 10.3. The zero-order chi connectivity index (χ0) is 14.7. The van der Waals surface area contributed by atoms with Crippen molar-refractivity contribution in [3.63, 3.8) is 0 Å². The van der Waals surface area contributed by atoms with Gasteiger partial charge in [-0.15, -0.1) is 0 Å². The summed E-state index contributed by atoms with van der Waals surface area (Å²) in [5.74, 6) is 4.96. The number of furan rings is 1. The highest BCUT2D eigenvalue weighted by molar-refractivity contribution is 5.57. The average Bonchev–Trinajstić information content (AvgIpc) is 2.86. The molecular weight excluding hydrogens is 264 g/mol. The third-order valence-electron chi connectivity index (χ3n) is 3.75. The van der Waals surface area contributed by atoms with E-state index in [1.807, 2.05) is 24.3 Å². The second kappa shape index (κ2) is 6.25. The summed E-state index contributed by atoms with van der Waals surface area (Å²) in [6.07, 6.45) is 6.26. The molecule has 0 aliphatic carbocycles. The van der Waals surface area contributed by atoms with E-state index in [2.05, 4.69) is 13.8 Å². The van der Waals surface area contributed by atoms with E-state index in [0.29, 0.717) is 0 Å². The van der Waals surface area contributed by atoms with Crippen LogP contribution in [0.3, 0.4) is 0 Å². The topological polar surface area (TPSA) is 31.6 Å². The fourth-order valence-electron chi connectivity index (χ4n) is 2.54. The summed E-state index contributed by atoms with van der Waals surface area (Å²) >= 11 is 0. The lowest BCUT2D eigenvalue weighted by atomic mass is 10.1. The van der Waals surface area contributed by atoms with Gasteiger partial charge in [-0.1, -0.05) is 38.8 Å². The highest BCUT2D eigenvalue weighted by Crippen LogP contribution is 2.50. The number of hydrogen-bond donors (Lipinski definition) is 0. The van der Waals surface area contributed by atoms with E-state index in [-0.39, 0.29) is 0 Å². The van der Waals surface area contributed by atoms with Crippen LogP contribution in [-0.4, -0.2) is 0 Å². The third-order valence-corrected chi connectivity index (χ3v) is 3.75. The zero-order valence-electron chi connectivity index (χ0n) is 12.8. The molecule has 3 heteroatoms. The third kappa shape index (κ3) is 2.78. The van der Waals surface area contributed by atoms with Crippen LogP contribution in [0.25, 0.3) is 0 Å². The Morgan fingerprint density at radius 3 is 1.67 bits per heavy atom. The molecule has 1 aromatic heterocycles. The van der Waals surface area contributed by atoms with Crippen LogP contribution in [0, 0.1) is 0 Å². The molecule has 0 atom stereocenters. The highest BCUT2D eigenvalue weighted by Gasteiger charge is 2.28. The summed E-state index contributed by atoms with van der Waals surface area (Å²) in [4.78, 5) is 0.